The highest BCUT2D eigenvalue weighted by molar-refractivity contribution is 5.82. The molecule has 1 N–H and O–H groups in total. The van der Waals surface area contributed by atoms with Crippen LogP contribution in [-0.2, 0) is 6.42 Å². The van der Waals surface area contributed by atoms with Crippen LogP contribution in [0.5, 0.6) is 5.75 Å². The standard InChI is InChI=1S/C19H22N2O.C10H10N2.C3H8.C2H6/c1-4-10-22-19-9-7-15(11-14(19)5-2)16-6-8-17-18(12-16)21-13(3)20-17;1-7-3-4-10-9(5-7)8(2)11-6-12-10;1-3-2;1-2/h6-9,11-12H,4-5,10H2,1-3H3,(H,20,21);3-6H,1-2H3;3H2,1-2H3;1-2H3. The van der Waals surface area contributed by atoms with Gasteiger partial charge >= 0.3 is 0 Å². The molecule has 39 heavy (non-hydrogen) atoms. The molecule has 0 fully saturated rings. The number of benzene rings is 3. The fourth-order valence-corrected chi connectivity index (χ4v) is 4.00. The van der Waals surface area contributed by atoms with Crippen LogP contribution in [0.2, 0.25) is 0 Å². The maximum Gasteiger partial charge on any atom is 0.122 e. The molecule has 0 saturated heterocycles. The van der Waals surface area contributed by atoms with E-state index < -0.39 is 0 Å². The van der Waals surface area contributed by atoms with Crippen molar-refractivity contribution in [3.8, 4) is 16.9 Å². The summed E-state index contributed by atoms with van der Waals surface area (Å²) in [5.74, 6) is 1.95. The van der Waals surface area contributed by atoms with E-state index in [9.17, 15) is 0 Å². The van der Waals surface area contributed by atoms with E-state index in [2.05, 4.69) is 103 Å². The number of aryl methyl sites for hydroxylation is 4. The highest BCUT2D eigenvalue weighted by Crippen LogP contribution is 2.29. The summed E-state index contributed by atoms with van der Waals surface area (Å²) in [6.07, 6.45) is 4.85. The first-order valence-corrected chi connectivity index (χ1v) is 14.3. The summed E-state index contributed by atoms with van der Waals surface area (Å²) in [6.45, 7) is 19.4. The monoisotopic (exact) mass is 526 g/mol. The van der Waals surface area contributed by atoms with Crippen LogP contribution in [-0.4, -0.2) is 26.5 Å². The minimum absolute atomic E-state index is 0.770. The molecule has 5 aromatic rings. The fraction of sp³-hybridized carbons (Fsp3) is 0.382. The number of hydrogen-bond donors (Lipinski definition) is 1. The van der Waals surface area contributed by atoms with E-state index in [1.165, 1.54) is 28.7 Å². The predicted octanol–water partition coefficient (Wildman–Crippen LogP) is 9.58. The Labute approximate surface area is 235 Å². The third-order valence-electron chi connectivity index (χ3n) is 5.83. The average molecular weight is 527 g/mol. The molecular formula is C34H46N4O. The Morgan fingerprint density at radius 2 is 1.44 bits per heavy atom. The Bertz CT molecular complexity index is 1440. The molecule has 0 aliphatic carbocycles. The molecule has 0 atom stereocenters. The van der Waals surface area contributed by atoms with Gasteiger partial charge in [-0.1, -0.05) is 71.7 Å². The van der Waals surface area contributed by atoms with E-state index in [-0.39, 0.29) is 0 Å². The molecule has 3 aromatic carbocycles. The lowest BCUT2D eigenvalue weighted by molar-refractivity contribution is 0.314. The van der Waals surface area contributed by atoms with Crippen LogP contribution < -0.4 is 4.74 Å². The van der Waals surface area contributed by atoms with Gasteiger partial charge in [0.15, 0.2) is 0 Å². The smallest absolute Gasteiger partial charge is 0.122 e. The Balaban J connectivity index is 0.000000263. The largest absolute Gasteiger partial charge is 0.493 e. The molecule has 5 rings (SSSR count). The first-order valence-electron chi connectivity index (χ1n) is 14.3. The van der Waals surface area contributed by atoms with Gasteiger partial charge in [-0.2, -0.15) is 0 Å². The number of ether oxygens (including phenoxy) is 1. The van der Waals surface area contributed by atoms with Gasteiger partial charge in [0.05, 0.1) is 23.2 Å². The Kier molecular flexibility index (Phi) is 13.1. The third-order valence-corrected chi connectivity index (χ3v) is 5.83. The summed E-state index contributed by atoms with van der Waals surface area (Å²) in [6, 6.07) is 19.0. The molecule has 0 saturated carbocycles. The van der Waals surface area contributed by atoms with Crippen molar-refractivity contribution in [3.05, 3.63) is 83.6 Å². The van der Waals surface area contributed by atoms with E-state index in [0.717, 1.165) is 58.7 Å². The number of aromatic amines is 1. The van der Waals surface area contributed by atoms with Gasteiger partial charge in [0.1, 0.15) is 17.9 Å². The third kappa shape index (κ3) is 8.91. The molecule has 2 aromatic heterocycles. The van der Waals surface area contributed by atoms with E-state index in [0.29, 0.717) is 0 Å². The zero-order chi connectivity index (χ0) is 28.8. The van der Waals surface area contributed by atoms with E-state index in [1.807, 2.05) is 33.8 Å². The van der Waals surface area contributed by atoms with Crippen LogP contribution in [0, 0.1) is 20.8 Å². The summed E-state index contributed by atoms with van der Waals surface area (Å²) >= 11 is 0. The molecule has 0 radical (unpaired) electrons. The number of nitrogens with zero attached hydrogens (tertiary/aromatic N) is 3. The molecule has 0 aliphatic heterocycles. The van der Waals surface area contributed by atoms with Gasteiger partial charge in [-0.25, -0.2) is 15.0 Å². The van der Waals surface area contributed by atoms with Crippen molar-refractivity contribution in [2.75, 3.05) is 6.61 Å². The molecule has 0 unspecified atom stereocenters. The highest BCUT2D eigenvalue weighted by Gasteiger charge is 2.07. The Hall–Kier alpha value is -3.73. The van der Waals surface area contributed by atoms with Gasteiger partial charge in [-0.3, -0.25) is 0 Å². The van der Waals surface area contributed by atoms with Gasteiger partial charge in [0.25, 0.3) is 0 Å². The molecule has 5 heteroatoms. The molecule has 2 heterocycles. The van der Waals surface area contributed by atoms with Gasteiger partial charge in [-0.05, 0) is 86.7 Å². The molecule has 0 spiro atoms. The van der Waals surface area contributed by atoms with Crippen LogP contribution in [0.4, 0.5) is 0 Å². The number of aromatic nitrogens is 4. The normalized spacial score (nSPS) is 10.1. The van der Waals surface area contributed by atoms with Crippen molar-refractivity contribution >= 4 is 21.9 Å². The van der Waals surface area contributed by atoms with Gasteiger partial charge in [-0.15, -0.1) is 0 Å². The molecule has 0 aliphatic rings. The SMILES string of the molecule is CC.CCC.CCCOc1ccc(-c2ccc3nc(C)[nH]c3c2)cc1CC.Cc1ccc2ncnc(C)c2c1. The summed E-state index contributed by atoms with van der Waals surface area (Å²) < 4.78 is 5.83. The second-order valence-electron chi connectivity index (χ2n) is 9.27. The van der Waals surface area contributed by atoms with Crippen molar-refractivity contribution in [1.82, 2.24) is 19.9 Å². The van der Waals surface area contributed by atoms with Crippen LogP contribution in [0.1, 0.15) is 77.0 Å². The quantitative estimate of drug-likeness (QED) is 0.248. The van der Waals surface area contributed by atoms with E-state index in [4.69, 9.17) is 4.74 Å². The molecule has 208 valence electrons. The second kappa shape index (κ2) is 16.3. The average Bonchev–Trinajstić information content (AvgIpc) is 3.33. The summed E-state index contributed by atoms with van der Waals surface area (Å²) in [7, 11) is 0. The zero-order valence-corrected chi connectivity index (χ0v) is 25.4. The molecular weight excluding hydrogens is 480 g/mol. The minimum atomic E-state index is 0.770. The summed E-state index contributed by atoms with van der Waals surface area (Å²) in [4.78, 5) is 16.1. The van der Waals surface area contributed by atoms with Crippen LogP contribution in [0.15, 0.2) is 60.9 Å². The molecule has 0 bridgehead atoms. The fourth-order valence-electron chi connectivity index (χ4n) is 4.00. The predicted molar refractivity (Wildman–Crippen MR) is 168 cm³/mol. The second-order valence-corrected chi connectivity index (χ2v) is 9.27. The van der Waals surface area contributed by atoms with Crippen molar-refractivity contribution in [2.24, 2.45) is 0 Å². The number of hydrogen-bond acceptors (Lipinski definition) is 4. The number of nitrogens with one attached hydrogen (secondary N) is 1. The van der Waals surface area contributed by atoms with Crippen molar-refractivity contribution in [3.63, 3.8) is 0 Å². The minimum Gasteiger partial charge on any atom is -0.493 e. The number of fused-ring (bicyclic) bond motifs is 2. The summed E-state index contributed by atoms with van der Waals surface area (Å²) in [5, 5.41) is 1.15. The van der Waals surface area contributed by atoms with Crippen LogP contribution in [0.3, 0.4) is 0 Å². The Morgan fingerprint density at radius 1 is 0.769 bits per heavy atom. The van der Waals surface area contributed by atoms with Crippen molar-refractivity contribution < 1.29 is 4.74 Å². The first kappa shape index (κ1) is 31.5. The highest BCUT2D eigenvalue weighted by atomic mass is 16.5. The van der Waals surface area contributed by atoms with Crippen LogP contribution >= 0.6 is 0 Å². The van der Waals surface area contributed by atoms with E-state index >= 15 is 0 Å². The zero-order valence-electron chi connectivity index (χ0n) is 25.4. The van der Waals surface area contributed by atoms with Gasteiger partial charge in [0.2, 0.25) is 0 Å². The maximum atomic E-state index is 5.83. The molecule has 5 nitrogen and oxygen atoms in total. The topological polar surface area (TPSA) is 63.7 Å². The molecule has 0 amide bonds. The van der Waals surface area contributed by atoms with E-state index in [1.54, 1.807) is 6.33 Å². The van der Waals surface area contributed by atoms with Crippen LogP contribution in [0.25, 0.3) is 33.1 Å². The number of rotatable bonds is 5. The van der Waals surface area contributed by atoms with Gasteiger partial charge < -0.3 is 9.72 Å². The maximum absolute atomic E-state index is 5.83. The lowest BCUT2D eigenvalue weighted by atomic mass is 10.0. The Morgan fingerprint density at radius 3 is 2.13 bits per heavy atom. The summed E-state index contributed by atoms with van der Waals surface area (Å²) in [5.41, 5.74) is 9.09. The van der Waals surface area contributed by atoms with Crippen molar-refractivity contribution in [1.29, 1.82) is 0 Å². The first-order chi connectivity index (χ1) is 18.9. The van der Waals surface area contributed by atoms with Gasteiger partial charge in [0, 0.05) is 11.1 Å². The number of imidazole rings is 1. The lowest BCUT2D eigenvalue weighted by Gasteiger charge is -2.12. The lowest BCUT2D eigenvalue weighted by Crippen LogP contribution is -1.98. The number of H-pyrrole nitrogens is 1. The van der Waals surface area contributed by atoms with Crippen molar-refractivity contribution in [2.45, 2.75) is 81.6 Å².